The van der Waals surface area contributed by atoms with Gasteiger partial charge in [-0.1, -0.05) is 38.8 Å². The van der Waals surface area contributed by atoms with E-state index in [1.165, 1.54) is 51.4 Å². The second-order valence-corrected chi connectivity index (χ2v) is 11.7. The molecule has 2 nitrogen and oxygen atoms in total. The summed E-state index contributed by atoms with van der Waals surface area (Å²) in [6, 6.07) is 0. The number of hydrogen-bond acceptors (Lipinski definition) is 2. The second kappa shape index (κ2) is 7.41. The lowest BCUT2D eigenvalue weighted by Gasteiger charge is -2.59. The third-order valence-corrected chi connectivity index (χ3v) is 10.1. The van der Waals surface area contributed by atoms with Crippen LogP contribution in [0.1, 0.15) is 105 Å². The maximum Gasteiger partial charge on any atom is 0.0657 e. The van der Waals surface area contributed by atoms with Gasteiger partial charge in [0.2, 0.25) is 0 Å². The zero-order valence-electron chi connectivity index (χ0n) is 18.8. The number of allylic oxidation sites excluding steroid dienone is 1. The Hall–Kier alpha value is -0.340. The molecule has 2 N–H and O–H groups in total. The van der Waals surface area contributed by atoms with E-state index in [1.54, 1.807) is 5.57 Å². The molecular weight excluding hydrogens is 344 g/mol. The highest BCUT2D eigenvalue weighted by molar-refractivity contribution is 5.26. The van der Waals surface area contributed by atoms with Crippen LogP contribution in [-0.4, -0.2) is 21.9 Å². The minimum atomic E-state index is -0.483. The summed E-state index contributed by atoms with van der Waals surface area (Å²) in [5.74, 6) is 3.46. The number of aliphatic hydroxyl groups excluding tert-OH is 1. The van der Waals surface area contributed by atoms with Gasteiger partial charge in [-0.15, -0.1) is 0 Å². The van der Waals surface area contributed by atoms with Crippen LogP contribution in [0.2, 0.25) is 0 Å². The zero-order chi connectivity index (χ0) is 20.2. The fourth-order valence-electron chi connectivity index (χ4n) is 8.19. The number of rotatable bonds is 5. The van der Waals surface area contributed by atoms with Crippen LogP contribution < -0.4 is 0 Å². The van der Waals surface area contributed by atoms with Gasteiger partial charge in [0.05, 0.1) is 11.7 Å². The number of aliphatic hydroxyl groups is 2. The van der Waals surface area contributed by atoms with Gasteiger partial charge in [-0.25, -0.2) is 0 Å². The molecule has 0 heterocycles. The summed E-state index contributed by atoms with van der Waals surface area (Å²) in [7, 11) is 0. The van der Waals surface area contributed by atoms with Gasteiger partial charge in [0.25, 0.3) is 0 Å². The SMILES string of the molecule is CC[C@H](O)CCC[C@H]1CC[C@H]2[C@@H]3CC=C4C[C@@](C)(O)CC[C@]4(C)C3CC[C@]12C. The Labute approximate surface area is 173 Å². The van der Waals surface area contributed by atoms with E-state index in [0.717, 1.165) is 49.4 Å². The molecule has 0 amide bonds. The van der Waals surface area contributed by atoms with Crippen molar-refractivity contribution in [1.29, 1.82) is 0 Å². The van der Waals surface area contributed by atoms with E-state index in [-0.39, 0.29) is 6.10 Å². The van der Waals surface area contributed by atoms with Crippen LogP contribution in [0.4, 0.5) is 0 Å². The van der Waals surface area contributed by atoms with Crippen molar-refractivity contribution in [3.05, 3.63) is 11.6 Å². The molecule has 0 aromatic carbocycles. The molecule has 2 heteroatoms. The molecule has 1 unspecified atom stereocenters. The van der Waals surface area contributed by atoms with Gasteiger partial charge in [-0.2, -0.15) is 0 Å². The fourth-order valence-corrected chi connectivity index (χ4v) is 8.19. The highest BCUT2D eigenvalue weighted by atomic mass is 16.3. The summed E-state index contributed by atoms with van der Waals surface area (Å²) in [4.78, 5) is 0. The molecule has 28 heavy (non-hydrogen) atoms. The molecule has 0 spiro atoms. The largest absolute Gasteiger partial charge is 0.393 e. The molecular formula is C26H44O2. The minimum absolute atomic E-state index is 0.0916. The van der Waals surface area contributed by atoms with Gasteiger partial charge in [-0.05, 0) is 112 Å². The quantitative estimate of drug-likeness (QED) is 0.546. The predicted octanol–water partition coefficient (Wildman–Crippen LogP) is 6.26. The summed E-state index contributed by atoms with van der Waals surface area (Å²) in [6.45, 7) is 9.28. The molecule has 4 rings (SSSR count). The summed E-state index contributed by atoms with van der Waals surface area (Å²) >= 11 is 0. The maximum absolute atomic E-state index is 10.6. The Balaban J connectivity index is 1.48. The van der Waals surface area contributed by atoms with Gasteiger partial charge >= 0.3 is 0 Å². The molecule has 0 aliphatic heterocycles. The Morgan fingerprint density at radius 1 is 1.07 bits per heavy atom. The monoisotopic (exact) mass is 388 g/mol. The van der Waals surface area contributed by atoms with Crippen LogP contribution in [0.3, 0.4) is 0 Å². The van der Waals surface area contributed by atoms with Crippen LogP contribution in [0.25, 0.3) is 0 Å². The third kappa shape index (κ3) is 3.41. The average Bonchev–Trinajstić information content (AvgIpc) is 2.98. The van der Waals surface area contributed by atoms with Crippen molar-refractivity contribution in [2.24, 2.45) is 34.5 Å². The van der Waals surface area contributed by atoms with Crippen molar-refractivity contribution in [2.45, 2.75) is 116 Å². The van der Waals surface area contributed by atoms with Gasteiger partial charge in [0.15, 0.2) is 0 Å². The van der Waals surface area contributed by atoms with Crippen molar-refractivity contribution in [1.82, 2.24) is 0 Å². The minimum Gasteiger partial charge on any atom is -0.393 e. The van der Waals surface area contributed by atoms with Crippen molar-refractivity contribution >= 4 is 0 Å². The van der Waals surface area contributed by atoms with E-state index in [4.69, 9.17) is 0 Å². The Bertz CT molecular complexity index is 608. The first-order chi connectivity index (χ1) is 13.2. The van der Waals surface area contributed by atoms with Crippen LogP contribution in [0.5, 0.6) is 0 Å². The Kier molecular flexibility index (Phi) is 5.54. The smallest absolute Gasteiger partial charge is 0.0657 e. The molecule has 4 aliphatic rings. The summed E-state index contributed by atoms with van der Waals surface area (Å²) in [6.07, 6.45) is 16.8. The predicted molar refractivity (Wildman–Crippen MR) is 116 cm³/mol. The normalized spacial score (nSPS) is 49.0. The second-order valence-electron chi connectivity index (χ2n) is 11.7. The summed E-state index contributed by atoms with van der Waals surface area (Å²) < 4.78 is 0. The van der Waals surface area contributed by atoms with Crippen LogP contribution in [0.15, 0.2) is 11.6 Å². The Morgan fingerprint density at radius 2 is 1.86 bits per heavy atom. The molecule has 3 fully saturated rings. The van der Waals surface area contributed by atoms with Crippen molar-refractivity contribution in [3.8, 4) is 0 Å². The summed E-state index contributed by atoms with van der Waals surface area (Å²) in [5.41, 5.74) is 1.97. The standard InChI is InChI=1S/C26H44O2/c1-5-20(27)8-6-7-18-10-12-22-21-11-9-19-17-24(2,28)15-16-26(19,4)23(21)13-14-25(18,22)3/h9,18,20-23,27-28H,5-8,10-17H2,1-4H3/t18-,20-,21-,22-,23?,24-,25+,26-/m0/s1. The van der Waals surface area contributed by atoms with Crippen LogP contribution in [-0.2, 0) is 0 Å². The Morgan fingerprint density at radius 3 is 2.61 bits per heavy atom. The van der Waals surface area contributed by atoms with E-state index in [1.807, 2.05) is 6.92 Å². The summed E-state index contributed by atoms with van der Waals surface area (Å²) in [5, 5.41) is 20.6. The number of fused-ring (bicyclic) bond motifs is 5. The fraction of sp³-hybridized carbons (Fsp3) is 0.923. The molecule has 4 aliphatic carbocycles. The van der Waals surface area contributed by atoms with Gasteiger partial charge < -0.3 is 10.2 Å². The topological polar surface area (TPSA) is 40.5 Å². The van der Waals surface area contributed by atoms with Crippen molar-refractivity contribution in [3.63, 3.8) is 0 Å². The molecule has 0 aromatic heterocycles. The first-order valence-corrected chi connectivity index (χ1v) is 12.3. The number of hydrogen-bond donors (Lipinski definition) is 2. The molecule has 8 atom stereocenters. The average molecular weight is 389 g/mol. The van der Waals surface area contributed by atoms with Crippen LogP contribution >= 0.6 is 0 Å². The lowest BCUT2D eigenvalue weighted by atomic mass is 9.46. The van der Waals surface area contributed by atoms with E-state index in [0.29, 0.717) is 10.8 Å². The first kappa shape index (κ1) is 20.9. The van der Waals surface area contributed by atoms with Crippen molar-refractivity contribution < 1.29 is 10.2 Å². The molecule has 160 valence electrons. The third-order valence-electron chi connectivity index (χ3n) is 10.1. The van der Waals surface area contributed by atoms with E-state index >= 15 is 0 Å². The first-order valence-electron chi connectivity index (χ1n) is 12.3. The molecule has 0 aromatic rings. The maximum atomic E-state index is 10.6. The van der Waals surface area contributed by atoms with E-state index < -0.39 is 5.60 Å². The molecule has 3 saturated carbocycles. The lowest BCUT2D eigenvalue weighted by molar-refractivity contribution is -0.0662. The molecule has 0 radical (unpaired) electrons. The highest BCUT2D eigenvalue weighted by Gasteiger charge is 2.58. The molecule has 0 saturated heterocycles. The highest BCUT2D eigenvalue weighted by Crippen LogP contribution is 2.67. The van der Waals surface area contributed by atoms with E-state index in [9.17, 15) is 10.2 Å². The zero-order valence-corrected chi connectivity index (χ0v) is 18.8. The van der Waals surface area contributed by atoms with Crippen LogP contribution in [0, 0.1) is 34.5 Å². The van der Waals surface area contributed by atoms with Gasteiger partial charge in [0, 0.05) is 0 Å². The lowest BCUT2D eigenvalue weighted by Crippen LogP contribution is -2.51. The van der Waals surface area contributed by atoms with E-state index in [2.05, 4.69) is 26.8 Å². The van der Waals surface area contributed by atoms with Gasteiger partial charge in [-0.3, -0.25) is 0 Å². The van der Waals surface area contributed by atoms with Gasteiger partial charge in [0.1, 0.15) is 0 Å². The van der Waals surface area contributed by atoms with Crippen molar-refractivity contribution in [2.75, 3.05) is 0 Å². The molecule has 0 bridgehead atoms.